The monoisotopic (exact) mass is 246 g/mol. The Morgan fingerprint density at radius 3 is 2.89 bits per heavy atom. The molecule has 0 amide bonds. The average Bonchev–Trinajstić information content (AvgIpc) is 2.81. The fraction of sp³-hybridized carbons (Fsp3) is 0.182. The third kappa shape index (κ3) is 1.97. The Kier molecular flexibility index (Phi) is 3.13. The summed E-state index contributed by atoms with van der Waals surface area (Å²) < 4.78 is 1.44. The molecule has 0 spiro atoms. The predicted molar refractivity (Wildman–Crippen MR) is 62.8 cm³/mol. The number of nitro benzene ring substituents is 1. The maximum atomic E-state index is 10.8. The van der Waals surface area contributed by atoms with Gasteiger partial charge in [-0.25, -0.2) is 4.68 Å². The number of benzene rings is 1. The molecule has 1 aromatic heterocycles. The molecule has 0 aliphatic carbocycles. The van der Waals surface area contributed by atoms with Crippen molar-refractivity contribution in [2.45, 2.75) is 13.3 Å². The van der Waals surface area contributed by atoms with Gasteiger partial charge in [0.15, 0.2) is 6.29 Å². The summed E-state index contributed by atoms with van der Waals surface area (Å²) >= 11 is 0. The molecule has 0 N–H and O–H groups in total. The van der Waals surface area contributed by atoms with E-state index in [1.807, 2.05) is 6.92 Å². The number of rotatable bonds is 4. The van der Waals surface area contributed by atoms with Crippen molar-refractivity contribution in [1.29, 1.82) is 0 Å². The second-order valence-electron chi connectivity index (χ2n) is 3.58. The highest BCUT2D eigenvalue weighted by atomic mass is 16.6. The molecule has 92 valence electrons. The quantitative estimate of drug-likeness (QED) is 0.463. The van der Waals surface area contributed by atoms with Crippen molar-refractivity contribution in [3.63, 3.8) is 0 Å². The van der Waals surface area contributed by atoms with Gasteiger partial charge in [-0.3, -0.25) is 14.9 Å². The molecular weight excluding hydrogens is 236 g/mol. The first kappa shape index (κ1) is 11.9. The van der Waals surface area contributed by atoms with E-state index in [4.69, 9.17) is 0 Å². The zero-order chi connectivity index (χ0) is 13.1. The van der Waals surface area contributed by atoms with Crippen molar-refractivity contribution in [3.8, 4) is 5.69 Å². The Balaban J connectivity index is 2.54. The summed E-state index contributed by atoms with van der Waals surface area (Å²) in [5.41, 5.74) is 1.37. The maximum absolute atomic E-state index is 10.8. The molecule has 2 rings (SSSR count). The number of non-ortho nitro benzene ring substituents is 1. The van der Waals surface area contributed by atoms with E-state index < -0.39 is 4.92 Å². The molecular formula is C11H10N4O3. The van der Waals surface area contributed by atoms with Crippen LogP contribution in [0.3, 0.4) is 0 Å². The molecule has 0 saturated heterocycles. The van der Waals surface area contributed by atoms with Crippen LogP contribution < -0.4 is 0 Å². The molecule has 0 saturated carbocycles. The normalized spacial score (nSPS) is 10.3. The lowest BCUT2D eigenvalue weighted by Crippen LogP contribution is -2.03. The smallest absolute Gasteiger partial charge is 0.271 e. The molecule has 0 unspecified atom stereocenters. The van der Waals surface area contributed by atoms with Gasteiger partial charge in [0.2, 0.25) is 0 Å². The lowest BCUT2D eigenvalue weighted by atomic mass is 10.2. The van der Waals surface area contributed by atoms with Crippen LogP contribution in [0.1, 0.15) is 23.1 Å². The van der Waals surface area contributed by atoms with Crippen LogP contribution in [-0.4, -0.2) is 26.2 Å². The van der Waals surface area contributed by atoms with Crippen molar-refractivity contribution >= 4 is 12.0 Å². The van der Waals surface area contributed by atoms with Gasteiger partial charge < -0.3 is 0 Å². The molecule has 0 fully saturated rings. The van der Waals surface area contributed by atoms with Crippen LogP contribution in [-0.2, 0) is 6.42 Å². The van der Waals surface area contributed by atoms with Crippen molar-refractivity contribution in [2.75, 3.05) is 0 Å². The molecule has 2 aromatic rings. The van der Waals surface area contributed by atoms with E-state index in [0.29, 0.717) is 24.1 Å². The van der Waals surface area contributed by atoms with E-state index in [1.54, 1.807) is 12.1 Å². The standard InChI is InChI=1S/C11H10N4O3/c1-2-11-10(7-16)12-13-14(11)8-4-3-5-9(6-8)15(17)18/h3-7H,2H2,1H3. The van der Waals surface area contributed by atoms with Gasteiger partial charge in [0.25, 0.3) is 5.69 Å². The SMILES string of the molecule is CCc1c(C=O)nnn1-c1cccc([N+](=O)[O-])c1. The van der Waals surface area contributed by atoms with Gasteiger partial charge in [-0.1, -0.05) is 18.2 Å². The first-order valence-electron chi connectivity index (χ1n) is 5.32. The van der Waals surface area contributed by atoms with Gasteiger partial charge in [-0.15, -0.1) is 5.10 Å². The van der Waals surface area contributed by atoms with E-state index in [9.17, 15) is 14.9 Å². The molecule has 0 atom stereocenters. The van der Waals surface area contributed by atoms with Gasteiger partial charge in [0.1, 0.15) is 5.69 Å². The number of nitrogens with zero attached hydrogens (tertiary/aromatic N) is 4. The Bertz CT molecular complexity index is 606. The topological polar surface area (TPSA) is 90.9 Å². The molecule has 0 aliphatic heterocycles. The van der Waals surface area contributed by atoms with E-state index >= 15 is 0 Å². The first-order valence-corrected chi connectivity index (χ1v) is 5.32. The van der Waals surface area contributed by atoms with Crippen LogP contribution in [0, 0.1) is 10.1 Å². The molecule has 1 heterocycles. The van der Waals surface area contributed by atoms with Crippen molar-refractivity contribution in [1.82, 2.24) is 15.0 Å². The largest absolute Gasteiger partial charge is 0.296 e. The minimum Gasteiger partial charge on any atom is -0.296 e. The summed E-state index contributed by atoms with van der Waals surface area (Å²) in [7, 11) is 0. The minimum absolute atomic E-state index is 0.0299. The zero-order valence-corrected chi connectivity index (χ0v) is 9.61. The van der Waals surface area contributed by atoms with E-state index in [-0.39, 0.29) is 11.4 Å². The fourth-order valence-corrected chi connectivity index (χ4v) is 1.68. The van der Waals surface area contributed by atoms with Crippen LogP contribution in [0.25, 0.3) is 5.69 Å². The summed E-state index contributed by atoms with van der Waals surface area (Å²) in [6.45, 7) is 1.86. The van der Waals surface area contributed by atoms with Crippen LogP contribution >= 0.6 is 0 Å². The number of aromatic nitrogens is 3. The number of aldehydes is 1. The number of hydrogen-bond donors (Lipinski definition) is 0. The predicted octanol–water partition coefficient (Wildman–Crippen LogP) is 1.55. The summed E-state index contributed by atoms with van der Waals surface area (Å²) in [4.78, 5) is 21.0. The second kappa shape index (κ2) is 4.74. The van der Waals surface area contributed by atoms with E-state index in [2.05, 4.69) is 10.3 Å². The summed E-state index contributed by atoms with van der Waals surface area (Å²) in [6.07, 6.45) is 1.18. The third-order valence-corrected chi connectivity index (χ3v) is 2.52. The minimum atomic E-state index is -0.479. The Morgan fingerprint density at radius 1 is 1.50 bits per heavy atom. The van der Waals surface area contributed by atoms with Crippen molar-refractivity contribution in [2.24, 2.45) is 0 Å². The van der Waals surface area contributed by atoms with Crippen LogP contribution in [0.2, 0.25) is 0 Å². The zero-order valence-electron chi connectivity index (χ0n) is 9.61. The number of hydrogen-bond acceptors (Lipinski definition) is 5. The van der Waals surface area contributed by atoms with Crippen LogP contribution in [0.5, 0.6) is 0 Å². The van der Waals surface area contributed by atoms with Gasteiger partial charge in [-0.05, 0) is 12.5 Å². The Hall–Kier alpha value is -2.57. The molecule has 18 heavy (non-hydrogen) atoms. The lowest BCUT2D eigenvalue weighted by molar-refractivity contribution is -0.384. The van der Waals surface area contributed by atoms with Gasteiger partial charge in [0.05, 0.1) is 16.3 Å². The highest BCUT2D eigenvalue weighted by Crippen LogP contribution is 2.18. The third-order valence-electron chi connectivity index (χ3n) is 2.52. The average molecular weight is 246 g/mol. The van der Waals surface area contributed by atoms with Crippen LogP contribution in [0.4, 0.5) is 5.69 Å². The first-order chi connectivity index (χ1) is 8.67. The number of carbonyl (C=O) groups is 1. The molecule has 0 aliphatic rings. The summed E-state index contributed by atoms with van der Waals surface area (Å²) in [5, 5.41) is 18.3. The highest BCUT2D eigenvalue weighted by molar-refractivity contribution is 5.73. The summed E-state index contributed by atoms with van der Waals surface area (Å²) in [6, 6.07) is 6.03. The highest BCUT2D eigenvalue weighted by Gasteiger charge is 2.14. The van der Waals surface area contributed by atoms with E-state index in [0.717, 1.165) is 0 Å². The number of nitro groups is 1. The van der Waals surface area contributed by atoms with Crippen molar-refractivity contribution < 1.29 is 9.72 Å². The maximum Gasteiger partial charge on any atom is 0.271 e. The van der Waals surface area contributed by atoms with Gasteiger partial charge >= 0.3 is 0 Å². The number of carbonyl (C=O) groups excluding carboxylic acids is 1. The molecule has 7 heteroatoms. The molecule has 0 radical (unpaired) electrons. The lowest BCUT2D eigenvalue weighted by Gasteiger charge is -2.04. The molecule has 7 nitrogen and oxygen atoms in total. The Labute approximate surface area is 102 Å². The van der Waals surface area contributed by atoms with E-state index in [1.165, 1.54) is 16.8 Å². The van der Waals surface area contributed by atoms with Crippen molar-refractivity contribution in [3.05, 3.63) is 45.8 Å². The molecule has 1 aromatic carbocycles. The van der Waals surface area contributed by atoms with Gasteiger partial charge in [-0.2, -0.15) is 0 Å². The second-order valence-corrected chi connectivity index (χ2v) is 3.58. The fourth-order valence-electron chi connectivity index (χ4n) is 1.68. The Morgan fingerprint density at radius 2 is 2.28 bits per heavy atom. The van der Waals surface area contributed by atoms with Gasteiger partial charge in [0, 0.05) is 12.1 Å². The van der Waals surface area contributed by atoms with Crippen LogP contribution in [0.15, 0.2) is 24.3 Å². The summed E-state index contributed by atoms with van der Waals surface area (Å²) in [5.74, 6) is 0. The molecule has 0 bridgehead atoms.